The summed E-state index contributed by atoms with van der Waals surface area (Å²) < 4.78 is 48.5. The Bertz CT molecular complexity index is 1160. The van der Waals surface area contributed by atoms with Gasteiger partial charge in [-0.05, 0) is 43.3 Å². The monoisotopic (exact) mass is 414 g/mol. The molecule has 1 N–H and O–H groups in total. The van der Waals surface area contributed by atoms with Gasteiger partial charge in [-0.15, -0.1) is 0 Å². The molecular weight excluding hydrogens is 395 g/mol. The van der Waals surface area contributed by atoms with Crippen molar-refractivity contribution in [2.45, 2.75) is 11.8 Å². The van der Waals surface area contributed by atoms with Crippen LogP contribution >= 0.6 is 0 Å². The first-order valence-electron chi connectivity index (χ1n) is 8.07. The molecule has 7 nitrogen and oxygen atoms in total. The van der Waals surface area contributed by atoms with Gasteiger partial charge < -0.3 is 14.2 Å². The van der Waals surface area contributed by atoms with Gasteiger partial charge in [0, 0.05) is 21.5 Å². The van der Waals surface area contributed by atoms with Crippen LogP contribution in [-0.2, 0) is 14.9 Å². The Morgan fingerprint density at radius 2 is 1.46 bits per heavy atom. The van der Waals surface area contributed by atoms with Crippen LogP contribution in [0.4, 0.5) is 0 Å². The van der Waals surface area contributed by atoms with Gasteiger partial charge in [0.15, 0.2) is 0 Å². The summed E-state index contributed by atoms with van der Waals surface area (Å²) in [5, 5.41) is 2.28. The van der Waals surface area contributed by atoms with Crippen molar-refractivity contribution in [1.29, 1.82) is 0 Å². The van der Waals surface area contributed by atoms with Crippen LogP contribution in [0.25, 0.3) is 21.5 Å². The Morgan fingerprint density at radius 1 is 0.929 bits per heavy atom. The quantitative estimate of drug-likeness (QED) is 0.297. The van der Waals surface area contributed by atoms with E-state index in [1.807, 2.05) is 0 Å². The topological polar surface area (TPSA) is 99.1 Å². The van der Waals surface area contributed by atoms with E-state index in [0.717, 1.165) is 0 Å². The second-order valence-corrected chi connectivity index (χ2v) is 7.15. The molecule has 0 heterocycles. The van der Waals surface area contributed by atoms with E-state index < -0.39 is 16.1 Å². The molecule has 0 aromatic heterocycles. The fourth-order valence-corrected chi connectivity index (χ4v) is 3.58. The van der Waals surface area contributed by atoms with Gasteiger partial charge in [-0.25, -0.2) is 4.79 Å². The zero-order valence-electron chi connectivity index (χ0n) is 15.0. The SMILES string of the molecule is CCOC(=O)c1ccc2c(OC)c3ccc(S(=O)(=O)O)cc3c(OC)c2c1.[NaH]. The molecule has 0 atom stereocenters. The van der Waals surface area contributed by atoms with Gasteiger partial charge in [-0.3, -0.25) is 4.55 Å². The summed E-state index contributed by atoms with van der Waals surface area (Å²) in [4.78, 5) is 11.8. The van der Waals surface area contributed by atoms with Crippen molar-refractivity contribution in [2.24, 2.45) is 0 Å². The van der Waals surface area contributed by atoms with Crippen molar-refractivity contribution in [3.63, 3.8) is 0 Å². The Kier molecular flexibility index (Phi) is 6.95. The second kappa shape index (κ2) is 8.67. The number of benzene rings is 3. The van der Waals surface area contributed by atoms with E-state index in [0.29, 0.717) is 38.6 Å². The van der Waals surface area contributed by atoms with Crippen LogP contribution in [0.3, 0.4) is 0 Å². The number of rotatable bonds is 5. The maximum atomic E-state index is 12.1. The Hall–Kier alpha value is -1.84. The summed E-state index contributed by atoms with van der Waals surface area (Å²) in [5.41, 5.74) is 0.329. The van der Waals surface area contributed by atoms with E-state index in [9.17, 15) is 17.8 Å². The summed E-state index contributed by atoms with van der Waals surface area (Å²) in [7, 11) is -1.45. The molecule has 0 aliphatic rings. The van der Waals surface area contributed by atoms with Gasteiger partial charge in [-0.2, -0.15) is 8.42 Å². The van der Waals surface area contributed by atoms with Crippen LogP contribution in [0.1, 0.15) is 17.3 Å². The first kappa shape index (κ1) is 22.4. The van der Waals surface area contributed by atoms with Gasteiger partial charge in [0.25, 0.3) is 10.1 Å². The summed E-state index contributed by atoms with van der Waals surface area (Å²) >= 11 is 0. The third-order valence-corrected chi connectivity index (χ3v) is 5.06. The third kappa shape index (κ3) is 3.97. The minimum absolute atomic E-state index is 0. The van der Waals surface area contributed by atoms with Crippen LogP contribution in [-0.4, -0.2) is 69.3 Å². The van der Waals surface area contributed by atoms with E-state index in [1.54, 1.807) is 31.2 Å². The van der Waals surface area contributed by atoms with Crippen molar-refractivity contribution in [3.8, 4) is 11.5 Å². The molecule has 0 saturated heterocycles. The zero-order chi connectivity index (χ0) is 19.8. The number of fused-ring (bicyclic) bond motifs is 2. The number of hydrogen-bond acceptors (Lipinski definition) is 6. The van der Waals surface area contributed by atoms with Crippen molar-refractivity contribution >= 4 is 67.2 Å². The van der Waals surface area contributed by atoms with E-state index in [4.69, 9.17) is 14.2 Å². The van der Waals surface area contributed by atoms with Crippen molar-refractivity contribution < 1.29 is 32.0 Å². The minimum atomic E-state index is -4.39. The van der Waals surface area contributed by atoms with Crippen molar-refractivity contribution in [3.05, 3.63) is 42.0 Å². The van der Waals surface area contributed by atoms with E-state index in [2.05, 4.69) is 0 Å². The molecule has 0 amide bonds. The predicted molar refractivity (Wildman–Crippen MR) is 107 cm³/mol. The Morgan fingerprint density at radius 3 is 2.00 bits per heavy atom. The van der Waals surface area contributed by atoms with Crippen molar-refractivity contribution in [2.75, 3.05) is 20.8 Å². The van der Waals surface area contributed by atoms with E-state index >= 15 is 0 Å². The number of ether oxygens (including phenoxy) is 3. The first-order chi connectivity index (χ1) is 12.8. The summed E-state index contributed by atoms with van der Waals surface area (Å²) in [6.45, 7) is 1.96. The number of methoxy groups -OCH3 is 2. The third-order valence-electron chi connectivity index (χ3n) is 4.21. The Labute approximate surface area is 184 Å². The molecule has 28 heavy (non-hydrogen) atoms. The molecule has 3 aromatic rings. The molecule has 0 aliphatic carbocycles. The number of carbonyl (C=O) groups excluding carboxylic acids is 1. The van der Waals surface area contributed by atoms with Crippen LogP contribution in [0.15, 0.2) is 41.3 Å². The van der Waals surface area contributed by atoms with Crippen molar-refractivity contribution in [1.82, 2.24) is 0 Å². The van der Waals surface area contributed by atoms with Gasteiger partial charge in [0.05, 0.1) is 31.3 Å². The van der Waals surface area contributed by atoms with Gasteiger partial charge in [0.1, 0.15) is 11.5 Å². The number of hydrogen-bond donors (Lipinski definition) is 1. The molecule has 0 spiro atoms. The first-order valence-corrected chi connectivity index (χ1v) is 9.51. The molecule has 0 unspecified atom stereocenters. The molecule has 9 heteroatoms. The summed E-state index contributed by atoms with van der Waals surface area (Å²) in [6, 6.07) is 9.09. The molecule has 3 aromatic carbocycles. The van der Waals surface area contributed by atoms with Crippen LogP contribution < -0.4 is 9.47 Å². The second-order valence-electron chi connectivity index (χ2n) is 5.73. The molecule has 0 fully saturated rings. The van der Waals surface area contributed by atoms with Gasteiger partial charge >= 0.3 is 35.5 Å². The molecule has 0 bridgehead atoms. The van der Waals surface area contributed by atoms with Crippen LogP contribution in [0.5, 0.6) is 11.5 Å². The summed E-state index contributed by atoms with van der Waals surface area (Å²) in [5.74, 6) is 0.378. The number of carbonyl (C=O) groups is 1. The molecule has 3 rings (SSSR count). The molecule has 144 valence electrons. The standard InChI is InChI=1S/C19H18O7S.Na.H/c1-4-26-19(20)11-5-7-13-15(9-11)18(25-3)16-10-12(27(21,22)23)6-8-14(16)17(13)24-2;;/h5-10H,4H2,1-3H3,(H,21,22,23);;. The fraction of sp³-hybridized carbons (Fsp3) is 0.211. The zero-order valence-corrected chi connectivity index (χ0v) is 15.8. The number of esters is 1. The maximum absolute atomic E-state index is 12.1. The van der Waals surface area contributed by atoms with Gasteiger partial charge in [-0.1, -0.05) is 0 Å². The average Bonchev–Trinajstić information content (AvgIpc) is 2.64. The normalized spacial score (nSPS) is 11.1. The Balaban J connectivity index is 0.00000280. The van der Waals surface area contributed by atoms with Gasteiger partial charge in [0.2, 0.25) is 0 Å². The van der Waals surface area contributed by atoms with E-state index in [-0.39, 0.29) is 41.1 Å². The summed E-state index contributed by atoms with van der Waals surface area (Å²) in [6.07, 6.45) is 0. The fourth-order valence-electron chi connectivity index (χ4n) is 3.07. The molecule has 0 aliphatic heterocycles. The molecule has 0 radical (unpaired) electrons. The molecular formula is C19H19NaO7S. The average molecular weight is 414 g/mol. The van der Waals surface area contributed by atoms with Crippen LogP contribution in [0.2, 0.25) is 0 Å². The van der Waals surface area contributed by atoms with Crippen LogP contribution in [0, 0.1) is 0 Å². The van der Waals surface area contributed by atoms with E-state index in [1.165, 1.54) is 26.4 Å². The predicted octanol–water partition coefficient (Wildman–Crippen LogP) is 2.79. The molecule has 0 saturated carbocycles.